The summed E-state index contributed by atoms with van der Waals surface area (Å²) in [5.41, 5.74) is 0.363. The zero-order valence-electron chi connectivity index (χ0n) is 14.3. The van der Waals surface area contributed by atoms with Crippen LogP contribution in [0.2, 0.25) is 0 Å². The maximum Gasteiger partial charge on any atom is 0.253 e. The zero-order valence-corrected chi connectivity index (χ0v) is 15.1. The SMILES string of the molecule is COc1ccc(C(=O)N(C)C(C)C2CC2)cc1S(=O)(=O)NC1CC1. The molecule has 1 amide bonds. The molecule has 2 aliphatic carbocycles. The fraction of sp³-hybridized carbons (Fsp3) is 0.588. The van der Waals surface area contributed by atoms with Crippen LogP contribution in [0.25, 0.3) is 0 Å². The highest BCUT2D eigenvalue weighted by molar-refractivity contribution is 7.89. The number of nitrogens with one attached hydrogen (secondary N) is 1. The van der Waals surface area contributed by atoms with Gasteiger partial charge in [0.15, 0.2) is 0 Å². The maximum atomic E-state index is 12.7. The minimum Gasteiger partial charge on any atom is -0.495 e. The molecule has 24 heavy (non-hydrogen) atoms. The number of carbonyl (C=O) groups is 1. The van der Waals surface area contributed by atoms with Crippen LogP contribution in [0.1, 0.15) is 43.0 Å². The van der Waals surface area contributed by atoms with Crippen molar-refractivity contribution in [3.05, 3.63) is 23.8 Å². The zero-order chi connectivity index (χ0) is 17.5. The fourth-order valence-electron chi connectivity index (χ4n) is 2.79. The Morgan fingerprint density at radius 3 is 2.50 bits per heavy atom. The van der Waals surface area contributed by atoms with Gasteiger partial charge in [-0.25, -0.2) is 13.1 Å². The summed E-state index contributed by atoms with van der Waals surface area (Å²) in [4.78, 5) is 14.4. The molecule has 2 aliphatic rings. The van der Waals surface area contributed by atoms with Crippen molar-refractivity contribution < 1.29 is 17.9 Å². The van der Waals surface area contributed by atoms with E-state index in [4.69, 9.17) is 4.74 Å². The molecule has 1 unspecified atom stereocenters. The van der Waals surface area contributed by atoms with Crippen molar-refractivity contribution in [3.63, 3.8) is 0 Å². The molecule has 1 atom stereocenters. The minimum atomic E-state index is -3.69. The summed E-state index contributed by atoms with van der Waals surface area (Å²) < 4.78 is 32.9. The van der Waals surface area contributed by atoms with Crippen molar-refractivity contribution in [2.24, 2.45) is 5.92 Å². The molecule has 6 nitrogen and oxygen atoms in total. The van der Waals surface area contributed by atoms with E-state index in [1.54, 1.807) is 24.1 Å². The average Bonchev–Trinajstić information content (AvgIpc) is 3.45. The van der Waals surface area contributed by atoms with Crippen molar-refractivity contribution >= 4 is 15.9 Å². The van der Waals surface area contributed by atoms with Crippen molar-refractivity contribution in [3.8, 4) is 5.75 Å². The van der Waals surface area contributed by atoms with Gasteiger partial charge >= 0.3 is 0 Å². The lowest BCUT2D eigenvalue weighted by Gasteiger charge is -2.25. The summed E-state index contributed by atoms with van der Waals surface area (Å²) in [5.74, 6) is 0.634. The Bertz CT molecular complexity index is 739. The van der Waals surface area contributed by atoms with Gasteiger partial charge in [-0.05, 0) is 56.7 Å². The predicted octanol–water partition coefficient (Wildman–Crippen LogP) is 2.01. The van der Waals surface area contributed by atoms with Crippen LogP contribution < -0.4 is 9.46 Å². The van der Waals surface area contributed by atoms with Crippen LogP contribution in [0.3, 0.4) is 0 Å². The molecular weight excluding hydrogens is 328 g/mol. The highest BCUT2D eigenvalue weighted by Crippen LogP contribution is 2.35. The van der Waals surface area contributed by atoms with Crippen LogP contribution in [0.15, 0.2) is 23.1 Å². The summed E-state index contributed by atoms with van der Waals surface area (Å²) in [5, 5.41) is 0. The van der Waals surface area contributed by atoms with E-state index in [2.05, 4.69) is 4.72 Å². The number of rotatable bonds is 7. The molecule has 0 bridgehead atoms. The highest BCUT2D eigenvalue weighted by Gasteiger charge is 2.34. The standard InChI is InChI=1S/C17H24N2O4S/c1-11(12-4-5-12)19(2)17(20)13-6-9-15(23-3)16(10-13)24(21,22)18-14-7-8-14/h6,9-12,14,18H,4-5,7-8H2,1-3H3. The Labute approximate surface area is 143 Å². The molecule has 0 heterocycles. The quantitative estimate of drug-likeness (QED) is 0.814. The number of hydrogen-bond acceptors (Lipinski definition) is 4. The second-order valence-electron chi connectivity index (χ2n) is 6.76. The monoisotopic (exact) mass is 352 g/mol. The molecule has 7 heteroatoms. The van der Waals surface area contributed by atoms with E-state index in [1.807, 2.05) is 6.92 Å². The highest BCUT2D eigenvalue weighted by atomic mass is 32.2. The fourth-order valence-corrected chi connectivity index (χ4v) is 4.29. The van der Waals surface area contributed by atoms with Gasteiger partial charge in [-0.2, -0.15) is 0 Å². The molecule has 0 saturated heterocycles. The van der Waals surface area contributed by atoms with E-state index in [9.17, 15) is 13.2 Å². The smallest absolute Gasteiger partial charge is 0.253 e. The van der Waals surface area contributed by atoms with Gasteiger partial charge in [0, 0.05) is 24.7 Å². The minimum absolute atomic E-state index is 0.00312. The maximum absolute atomic E-state index is 12.7. The molecule has 2 saturated carbocycles. The third-order valence-electron chi connectivity index (χ3n) is 4.83. The largest absolute Gasteiger partial charge is 0.495 e. The van der Waals surface area contributed by atoms with E-state index in [1.165, 1.54) is 13.2 Å². The first-order chi connectivity index (χ1) is 11.3. The second kappa shape index (κ2) is 6.37. The topological polar surface area (TPSA) is 75.7 Å². The Morgan fingerprint density at radius 1 is 1.29 bits per heavy atom. The molecule has 1 N–H and O–H groups in total. The lowest BCUT2D eigenvalue weighted by atomic mass is 10.1. The Balaban J connectivity index is 1.89. The van der Waals surface area contributed by atoms with E-state index in [0.29, 0.717) is 11.5 Å². The molecule has 0 spiro atoms. The van der Waals surface area contributed by atoms with Crippen molar-refractivity contribution in [2.75, 3.05) is 14.2 Å². The molecule has 132 valence electrons. The van der Waals surface area contributed by atoms with Crippen molar-refractivity contribution in [1.29, 1.82) is 0 Å². The summed E-state index contributed by atoms with van der Waals surface area (Å²) in [6.07, 6.45) is 3.99. The van der Waals surface area contributed by atoms with Crippen LogP contribution >= 0.6 is 0 Å². The van der Waals surface area contributed by atoms with Gasteiger partial charge in [0.25, 0.3) is 5.91 Å². The van der Waals surface area contributed by atoms with E-state index >= 15 is 0 Å². The molecule has 0 aromatic heterocycles. The first-order valence-corrected chi connectivity index (χ1v) is 9.79. The normalized spacial score (nSPS) is 19.0. The van der Waals surface area contributed by atoms with E-state index in [-0.39, 0.29) is 28.6 Å². The number of sulfonamides is 1. The van der Waals surface area contributed by atoms with Gasteiger partial charge < -0.3 is 9.64 Å². The molecule has 2 fully saturated rings. The Hall–Kier alpha value is -1.60. The average molecular weight is 352 g/mol. The second-order valence-corrected chi connectivity index (χ2v) is 8.44. The van der Waals surface area contributed by atoms with Gasteiger partial charge in [-0.3, -0.25) is 4.79 Å². The van der Waals surface area contributed by atoms with Gasteiger partial charge in [0.1, 0.15) is 10.6 Å². The van der Waals surface area contributed by atoms with Gasteiger partial charge in [0.2, 0.25) is 10.0 Å². The number of ether oxygens (including phenoxy) is 1. The number of hydrogen-bond donors (Lipinski definition) is 1. The number of carbonyl (C=O) groups excluding carboxylic acids is 1. The molecule has 1 aromatic carbocycles. The van der Waals surface area contributed by atoms with Crippen LogP contribution in [-0.4, -0.2) is 45.5 Å². The Morgan fingerprint density at radius 2 is 1.96 bits per heavy atom. The third-order valence-corrected chi connectivity index (χ3v) is 6.38. The van der Waals surface area contributed by atoms with Crippen LogP contribution in [0.4, 0.5) is 0 Å². The molecule has 0 radical (unpaired) electrons. The number of amides is 1. The Kier molecular flexibility index (Phi) is 4.57. The summed E-state index contributed by atoms with van der Waals surface area (Å²) in [6.45, 7) is 2.03. The van der Waals surface area contributed by atoms with E-state index < -0.39 is 10.0 Å². The lowest BCUT2D eigenvalue weighted by Crippen LogP contribution is -2.36. The molecule has 3 rings (SSSR count). The van der Waals surface area contributed by atoms with Crippen LogP contribution in [0, 0.1) is 5.92 Å². The molecular formula is C17H24N2O4S. The van der Waals surface area contributed by atoms with Gasteiger partial charge in [-0.1, -0.05) is 0 Å². The number of nitrogens with zero attached hydrogens (tertiary/aromatic N) is 1. The lowest BCUT2D eigenvalue weighted by molar-refractivity contribution is 0.0727. The first-order valence-electron chi connectivity index (χ1n) is 8.31. The predicted molar refractivity (Wildman–Crippen MR) is 90.6 cm³/mol. The third kappa shape index (κ3) is 3.57. The number of benzene rings is 1. The van der Waals surface area contributed by atoms with Gasteiger partial charge in [0.05, 0.1) is 7.11 Å². The first kappa shape index (κ1) is 17.2. The molecule has 1 aromatic rings. The number of methoxy groups -OCH3 is 1. The van der Waals surface area contributed by atoms with Crippen molar-refractivity contribution in [1.82, 2.24) is 9.62 Å². The molecule has 0 aliphatic heterocycles. The van der Waals surface area contributed by atoms with E-state index in [0.717, 1.165) is 25.7 Å². The van der Waals surface area contributed by atoms with Crippen molar-refractivity contribution in [2.45, 2.75) is 49.6 Å². The summed E-state index contributed by atoms with van der Waals surface area (Å²) in [6, 6.07) is 4.74. The van der Waals surface area contributed by atoms with Crippen LogP contribution in [-0.2, 0) is 10.0 Å². The summed E-state index contributed by atoms with van der Waals surface area (Å²) in [7, 11) is -0.497. The van der Waals surface area contributed by atoms with Gasteiger partial charge in [-0.15, -0.1) is 0 Å². The van der Waals surface area contributed by atoms with Crippen LogP contribution in [0.5, 0.6) is 5.75 Å². The summed E-state index contributed by atoms with van der Waals surface area (Å²) >= 11 is 0.